The number of nitro groups is 2. The summed E-state index contributed by atoms with van der Waals surface area (Å²) >= 11 is 0. The van der Waals surface area contributed by atoms with Crippen LogP contribution < -0.4 is 0 Å². The maximum absolute atomic E-state index is 10.4. The molecule has 0 aromatic heterocycles. The third-order valence-corrected chi connectivity index (χ3v) is 1.85. The molecule has 1 fully saturated rings. The van der Waals surface area contributed by atoms with Crippen LogP contribution in [0.3, 0.4) is 0 Å². The van der Waals surface area contributed by atoms with Crippen LogP contribution in [0.15, 0.2) is 5.29 Å². The average molecular weight is 220 g/mol. The highest BCUT2D eigenvalue weighted by Gasteiger charge is 2.31. The molecule has 1 heterocycles. The van der Waals surface area contributed by atoms with Crippen molar-refractivity contribution in [1.82, 2.24) is 15.0 Å². The maximum atomic E-state index is 10.4. The van der Waals surface area contributed by atoms with Crippen molar-refractivity contribution < 1.29 is 10.1 Å². The Morgan fingerprint density at radius 2 is 1.60 bits per heavy atom. The maximum Gasteiger partial charge on any atom is 0.210 e. The van der Waals surface area contributed by atoms with Gasteiger partial charge in [-0.05, 0) is 0 Å². The van der Waals surface area contributed by atoms with Gasteiger partial charge in [-0.15, -0.1) is 9.92 Å². The van der Waals surface area contributed by atoms with Gasteiger partial charge in [-0.25, -0.2) is 25.2 Å². The van der Waals surface area contributed by atoms with Gasteiger partial charge in [0.05, 0.1) is 11.8 Å². The van der Waals surface area contributed by atoms with Gasteiger partial charge in [-0.1, -0.05) is 5.01 Å². The van der Waals surface area contributed by atoms with Gasteiger partial charge in [0.25, 0.3) is 0 Å². The van der Waals surface area contributed by atoms with Crippen molar-refractivity contribution in [3.63, 3.8) is 0 Å². The molecule has 0 aromatic rings. The normalized spacial score (nSPS) is 17.2. The summed E-state index contributed by atoms with van der Waals surface area (Å²) in [4.78, 5) is 31.1. The monoisotopic (exact) mass is 220 g/mol. The molecule has 0 saturated carbocycles. The van der Waals surface area contributed by atoms with E-state index in [4.69, 9.17) is 0 Å². The largest absolute Gasteiger partial charge is 0.235 e. The predicted molar refractivity (Wildman–Crippen MR) is 44.8 cm³/mol. The molecule has 84 valence electrons. The molecular weight excluding hydrogens is 212 g/mol. The predicted octanol–water partition coefficient (Wildman–Crippen LogP) is -1.11. The second-order valence-corrected chi connectivity index (χ2v) is 2.81. The fourth-order valence-electron chi connectivity index (χ4n) is 1.10. The van der Waals surface area contributed by atoms with E-state index >= 15 is 0 Å². The second kappa shape index (κ2) is 4.34. The van der Waals surface area contributed by atoms with Gasteiger partial charge in [0.2, 0.25) is 6.67 Å². The molecule has 15 heavy (non-hydrogen) atoms. The Morgan fingerprint density at radius 3 is 2.07 bits per heavy atom. The van der Waals surface area contributed by atoms with Gasteiger partial charge in [-0.2, -0.15) is 0 Å². The second-order valence-electron chi connectivity index (χ2n) is 2.81. The van der Waals surface area contributed by atoms with Gasteiger partial charge in [0.15, 0.2) is 16.7 Å². The highest BCUT2D eigenvalue weighted by Crippen LogP contribution is 2.04. The molecule has 1 rings (SSSR count). The van der Waals surface area contributed by atoms with E-state index in [2.05, 4.69) is 5.29 Å². The molecule has 0 spiro atoms. The fraction of sp³-hybridized carbons (Fsp3) is 1.00. The van der Waals surface area contributed by atoms with E-state index < -0.39 is 16.7 Å². The number of nitrogens with zero attached hydrogens (tertiary/aromatic N) is 6. The first-order valence-corrected chi connectivity index (χ1v) is 3.91. The van der Waals surface area contributed by atoms with Crippen LogP contribution in [0.1, 0.15) is 0 Å². The summed E-state index contributed by atoms with van der Waals surface area (Å²) in [5.41, 5.74) is 0. The minimum absolute atomic E-state index is 0.0190. The van der Waals surface area contributed by atoms with E-state index in [-0.39, 0.29) is 19.8 Å². The summed E-state index contributed by atoms with van der Waals surface area (Å²) in [5.74, 6) is 0. The molecule has 0 N–H and O–H groups in total. The number of hydrazine groups is 2. The van der Waals surface area contributed by atoms with Crippen molar-refractivity contribution in [2.45, 2.75) is 0 Å². The Kier molecular flexibility index (Phi) is 3.15. The van der Waals surface area contributed by atoms with E-state index in [1.165, 1.54) is 0 Å². The standard InChI is InChI=1S/C4H8N6O5/c11-5-6-1-2-7(9(12)13)4-8(3-6)10(14)15/h1-4H2. The zero-order valence-electron chi connectivity index (χ0n) is 7.55. The van der Waals surface area contributed by atoms with Crippen LogP contribution in [0.2, 0.25) is 0 Å². The van der Waals surface area contributed by atoms with Crippen LogP contribution in [-0.2, 0) is 0 Å². The highest BCUT2D eigenvalue weighted by molar-refractivity contribution is 4.57. The molecule has 0 aromatic carbocycles. The van der Waals surface area contributed by atoms with Crippen molar-refractivity contribution in [3.05, 3.63) is 25.1 Å². The molecule has 1 aliphatic rings. The summed E-state index contributed by atoms with van der Waals surface area (Å²) in [6.45, 7) is -0.954. The first-order valence-electron chi connectivity index (χ1n) is 3.91. The van der Waals surface area contributed by atoms with Gasteiger partial charge in [0, 0.05) is 0 Å². The molecule has 0 atom stereocenters. The Labute approximate surface area is 83.0 Å². The first kappa shape index (κ1) is 10.9. The summed E-state index contributed by atoms with van der Waals surface area (Å²) in [6, 6.07) is 0. The molecule has 0 bridgehead atoms. The smallest absolute Gasteiger partial charge is 0.210 e. The lowest BCUT2D eigenvalue weighted by molar-refractivity contribution is -0.710. The van der Waals surface area contributed by atoms with Crippen molar-refractivity contribution in [3.8, 4) is 0 Å². The zero-order valence-corrected chi connectivity index (χ0v) is 7.55. The van der Waals surface area contributed by atoms with Crippen molar-refractivity contribution >= 4 is 0 Å². The zero-order chi connectivity index (χ0) is 11.4. The molecule has 0 unspecified atom stereocenters. The quantitative estimate of drug-likeness (QED) is 0.332. The molecule has 11 heteroatoms. The molecular formula is C4H8N6O5. The lowest BCUT2D eigenvalue weighted by Crippen LogP contribution is -2.43. The Bertz CT molecular complexity index is 283. The molecule has 11 nitrogen and oxygen atoms in total. The van der Waals surface area contributed by atoms with Gasteiger partial charge < -0.3 is 0 Å². The van der Waals surface area contributed by atoms with Crippen LogP contribution in [0.4, 0.5) is 0 Å². The van der Waals surface area contributed by atoms with E-state index in [0.29, 0.717) is 10.0 Å². The van der Waals surface area contributed by atoms with Crippen molar-refractivity contribution in [2.75, 3.05) is 26.4 Å². The van der Waals surface area contributed by atoms with Crippen LogP contribution in [0, 0.1) is 25.1 Å². The number of rotatable bonds is 3. The Balaban J connectivity index is 2.74. The van der Waals surface area contributed by atoms with Gasteiger partial charge in [-0.3, -0.25) is 0 Å². The summed E-state index contributed by atoms with van der Waals surface area (Å²) in [6.07, 6.45) is 0. The highest BCUT2D eigenvalue weighted by atomic mass is 16.7. The lowest BCUT2D eigenvalue weighted by Gasteiger charge is -2.15. The third kappa shape index (κ3) is 2.62. The summed E-state index contributed by atoms with van der Waals surface area (Å²) in [7, 11) is 0. The fourth-order valence-corrected chi connectivity index (χ4v) is 1.10. The SMILES string of the molecule is O=NN1CCN([N+](=O)[O-])CN([N+](=O)[O-])C1. The molecule has 0 radical (unpaired) electrons. The lowest BCUT2D eigenvalue weighted by atomic mass is 10.6. The topological polar surface area (TPSA) is 125 Å². The number of hydrogen-bond donors (Lipinski definition) is 0. The van der Waals surface area contributed by atoms with E-state index in [0.717, 1.165) is 5.01 Å². The summed E-state index contributed by atoms with van der Waals surface area (Å²) < 4.78 is 0. The van der Waals surface area contributed by atoms with E-state index in [1.54, 1.807) is 0 Å². The minimum Gasteiger partial charge on any atom is -0.235 e. The first-order chi connectivity index (χ1) is 7.04. The van der Waals surface area contributed by atoms with Crippen LogP contribution in [0.25, 0.3) is 0 Å². The number of nitroso groups, excluding NO2 is 1. The Hall–Kier alpha value is -2.20. The van der Waals surface area contributed by atoms with Crippen LogP contribution >= 0.6 is 0 Å². The molecule has 0 aliphatic carbocycles. The van der Waals surface area contributed by atoms with E-state index in [9.17, 15) is 25.1 Å². The van der Waals surface area contributed by atoms with Crippen LogP contribution in [0.5, 0.6) is 0 Å². The summed E-state index contributed by atoms with van der Waals surface area (Å²) in [5, 5.41) is 23.9. The molecule has 1 aliphatic heterocycles. The number of hydrogen-bond acceptors (Lipinski definition) is 6. The van der Waals surface area contributed by atoms with Crippen LogP contribution in [-0.4, -0.2) is 51.5 Å². The van der Waals surface area contributed by atoms with E-state index in [1.807, 2.05) is 0 Å². The molecule has 0 amide bonds. The van der Waals surface area contributed by atoms with Gasteiger partial charge >= 0.3 is 0 Å². The van der Waals surface area contributed by atoms with Crippen molar-refractivity contribution in [1.29, 1.82) is 0 Å². The Morgan fingerprint density at radius 1 is 1.00 bits per heavy atom. The third-order valence-electron chi connectivity index (χ3n) is 1.85. The molecule has 1 saturated heterocycles. The average Bonchev–Trinajstić information content (AvgIpc) is 2.39. The van der Waals surface area contributed by atoms with Crippen molar-refractivity contribution in [2.24, 2.45) is 5.29 Å². The minimum atomic E-state index is -0.806. The van der Waals surface area contributed by atoms with Gasteiger partial charge in [0.1, 0.15) is 6.54 Å².